The quantitative estimate of drug-likeness (QED) is 0.136. The number of hydrogen-bond acceptors (Lipinski definition) is 0. The van der Waals surface area contributed by atoms with Crippen molar-refractivity contribution in [3.05, 3.63) is 108 Å². The van der Waals surface area contributed by atoms with Gasteiger partial charge in [0.25, 0.3) is 0 Å². The third kappa shape index (κ3) is 8.31. The second-order valence-corrected chi connectivity index (χ2v) is 11.8. The van der Waals surface area contributed by atoms with E-state index < -0.39 is 0 Å². The van der Waals surface area contributed by atoms with Crippen molar-refractivity contribution in [1.29, 1.82) is 0 Å². The Balaban J connectivity index is 2.13. The van der Waals surface area contributed by atoms with Crippen LogP contribution in [0, 0.1) is 0 Å². The zero-order chi connectivity index (χ0) is 27.8. The Hall–Kier alpha value is -2.38. The summed E-state index contributed by atoms with van der Waals surface area (Å²) in [6.07, 6.45) is 13.8. The van der Waals surface area contributed by atoms with Crippen LogP contribution in [0.15, 0.2) is 91.0 Å². The fraction of sp³-hybridized carbons (Fsp3) is 0.526. The van der Waals surface area contributed by atoms with Gasteiger partial charge in [-0.3, -0.25) is 0 Å². The van der Waals surface area contributed by atoms with Crippen molar-refractivity contribution in [1.82, 2.24) is 0 Å². The summed E-state index contributed by atoms with van der Waals surface area (Å²) in [5, 5.41) is 0. The van der Waals surface area contributed by atoms with Crippen molar-refractivity contribution in [2.45, 2.75) is 110 Å². The first-order valence-corrected chi connectivity index (χ1v) is 16.2. The molecule has 39 heavy (non-hydrogen) atoms. The number of unbranched alkanes of at least 4 members (excludes halogenated alkanes) is 4. The maximum atomic E-state index is 2.43. The highest BCUT2D eigenvalue weighted by Gasteiger charge is 2.40. The summed E-state index contributed by atoms with van der Waals surface area (Å²) in [6.45, 7) is 13.3. The molecule has 1 heteroatoms. The molecule has 1 unspecified atom stereocenters. The van der Waals surface area contributed by atoms with E-state index in [1.165, 1.54) is 106 Å². The van der Waals surface area contributed by atoms with Crippen LogP contribution in [0.3, 0.4) is 0 Å². The van der Waals surface area contributed by atoms with E-state index in [0.29, 0.717) is 6.04 Å². The maximum absolute atomic E-state index is 2.43. The van der Waals surface area contributed by atoms with E-state index in [-0.39, 0.29) is 5.41 Å². The van der Waals surface area contributed by atoms with E-state index >= 15 is 0 Å². The van der Waals surface area contributed by atoms with Gasteiger partial charge in [0.1, 0.15) is 6.04 Å². The monoisotopic (exact) mass is 526 g/mol. The van der Waals surface area contributed by atoms with Crippen molar-refractivity contribution in [2.75, 3.05) is 19.6 Å². The normalized spacial score (nSPS) is 12.9. The molecule has 0 heterocycles. The lowest BCUT2D eigenvalue weighted by Gasteiger charge is -2.47. The molecule has 0 bridgehead atoms. The lowest BCUT2D eigenvalue weighted by Crippen LogP contribution is -2.53. The minimum Gasteiger partial charge on any atom is -0.317 e. The Kier molecular flexibility index (Phi) is 13.3. The molecule has 212 valence electrons. The fourth-order valence-electron chi connectivity index (χ4n) is 6.90. The average molecular weight is 527 g/mol. The molecule has 0 saturated carbocycles. The zero-order valence-electron chi connectivity index (χ0n) is 25.6. The van der Waals surface area contributed by atoms with Crippen LogP contribution >= 0.6 is 0 Å². The SMILES string of the molecule is CCCCC(CCC(c1ccccc1)[N+](CCCC)(CCCC)CCCC)(c1ccccc1)c1ccccc1. The summed E-state index contributed by atoms with van der Waals surface area (Å²) in [4.78, 5) is 0. The second kappa shape index (κ2) is 16.7. The predicted molar refractivity (Wildman–Crippen MR) is 171 cm³/mol. The molecular weight excluding hydrogens is 470 g/mol. The molecule has 0 amide bonds. The van der Waals surface area contributed by atoms with Gasteiger partial charge in [-0.15, -0.1) is 0 Å². The summed E-state index contributed by atoms with van der Waals surface area (Å²) in [7, 11) is 0. The van der Waals surface area contributed by atoms with Crippen molar-refractivity contribution < 1.29 is 4.48 Å². The number of quaternary nitrogens is 1. The fourth-order valence-corrected chi connectivity index (χ4v) is 6.90. The topological polar surface area (TPSA) is 0 Å². The molecule has 3 rings (SSSR count). The molecule has 0 aliphatic carbocycles. The van der Waals surface area contributed by atoms with E-state index in [9.17, 15) is 0 Å². The molecule has 0 aliphatic rings. The first-order valence-electron chi connectivity index (χ1n) is 16.2. The maximum Gasteiger partial charge on any atom is 0.115 e. The highest BCUT2D eigenvalue weighted by Crippen LogP contribution is 2.45. The van der Waals surface area contributed by atoms with Crippen LogP contribution in [0.1, 0.15) is 121 Å². The second-order valence-electron chi connectivity index (χ2n) is 11.8. The standard InChI is InChI=1S/C38H56N/c1-5-9-29-38(35-24-18-14-19-25-35,36-26-20-15-21-27-36)30-28-37(34-22-16-13-17-23-34)39(31-10-6-2,32-11-7-3)33-12-8-4/h13-27,37H,5-12,28-33H2,1-4H3/q+1. The van der Waals surface area contributed by atoms with Crippen molar-refractivity contribution in [3.8, 4) is 0 Å². The smallest absolute Gasteiger partial charge is 0.115 e. The molecule has 1 atom stereocenters. The Morgan fingerprint density at radius 3 is 1.33 bits per heavy atom. The predicted octanol–water partition coefficient (Wildman–Crippen LogP) is 10.9. The van der Waals surface area contributed by atoms with Crippen LogP contribution in [-0.4, -0.2) is 24.1 Å². The van der Waals surface area contributed by atoms with Gasteiger partial charge in [-0.25, -0.2) is 0 Å². The lowest BCUT2D eigenvalue weighted by atomic mass is 9.67. The lowest BCUT2D eigenvalue weighted by molar-refractivity contribution is -0.958. The molecule has 3 aromatic rings. The average Bonchev–Trinajstić information content (AvgIpc) is 3.00. The summed E-state index contributed by atoms with van der Waals surface area (Å²) in [6, 6.07) is 35.1. The zero-order valence-corrected chi connectivity index (χ0v) is 25.6. The molecule has 0 spiro atoms. The van der Waals surface area contributed by atoms with E-state index in [1.807, 2.05) is 0 Å². The number of benzene rings is 3. The van der Waals surface area contributed by atoms with E-state index in [1.54, 1.807) is 5.56 Å². The first-order chi connectivity index (χ1) is 19.2. The number of rotatable bonds is 19. The minimum absolute atomic E-state index is 0.0431. The third-order valence-corrected chi connectivity index (χ3v) is 9.17. The molecule has 3 aromatic carbocycles. The van der Waals surface area contributed by atoms with Gasteiger partial charge in [0, 0.05) is 17.4 Å². The number of hydrogen-bond donors (Lipinski definition) is 0. The van der Waals surface area contributed by atoms with Gasteiger partial charge >= 0.3 is 0 Å². The Labute approximate surface area is 241 Å². The van der Waals surface area contributed by atoms with Gasteiger partial charge in [0.05, 0.1) is 19.6 Å². The van der Waals surface area contributed by atoms with Crippen molar-refractivity contribution >= 4 is 0 Å². The first kappa shape index (κ1) is 31.2. The third-order valence-electron chi connectivity index (χ3n) is 9.17. The highest BCUT2D eigenvalue weighted by atomic mass is 15.4. The molecular formula is C38H56N+. The molecule has 1 nitrogen and oxygen atoms in total. The number of nitrogens with zero attached hydrogens (tertiary/aromatic N) is 1. The molecule has 0 N–H and O–H groups in total. The van der Waals surface area contributed by atoms with Gasteiger partial charge in [0.15, 0.2) is 0 Å². The molecule has 0 aromatic heterocycles. The van der Waals surface area contributed by atoms with E-state index in [4.69, 9.17) is 0 Å². The Morgan fingerprint density at radius 2 is 0.923 bits per heavy atom. The van der Waals surface area contributed by atoms with Crippen LogP contribution in [-0.2, 0) is 5.41 Å². The summed E-state index contributed by atoms with van der Waals surface area (Å²) in [5.74, 6) is 0. The van der Waals surface area contributed by atoms with E-state index in [2.05, 4.69) is 119 Å². The van der Waals surface area contributed by atoms with Gasteiger partial charge in [-0.1, -0.05) is 151 Å². The van der Waals surface area contributed by atoms with Gasteiger partial charge < -0.3 is 4.48 Å². The van der Waals surface area contributed by atoms with Crippen LogP contribution in [0.5, 0.6) is 0 Å². The summed E-state index contributed by atoms with van der Waals surface area (Å²) in [5.41, 5.74) is 4.57. The van der Waals surface area contributed by atoms with Gasteiger partial charge in [0.2, 0.25) is 0 Å². The Morgan fingerprint density at radius 1 is 0.513 bits per heavy atom. The highest BCUT2D eigenvalue weighted by molar-refractivity contribution is 5.39. The van der Waals surface area contributed by atoms with E-state index in [0.717, 1.165) is 0 Å². The van der Waals surface area contributed by atoms with Crippen LogP contribution < -0.4 is 0 Å². The molecule has 0 saturated heterocycles. The van der Waals surface area contributed by atoms with Crippen LogP contribution in [0.25, 0.3) is 0 Å². The minimum atomic E-state index is 0.0431. The molecule has 0 radical (unpaired) electrons. The summed E-state index contributed by atoms with van der Waals surface area (Å²) < 4.78 is 1.26. The van der Waals surface area contributed by atoms with Crippen molar-refractivity contribution in [3.63, 3.8) is 0 Å². The van der Waals surface area contributed by atoms with Gasteiger partial charge in [-0.05, 0) is 43.2 Å². The molecule has 0 aliphatic heterocycles. The largest absolute Gasteiger partial charge is 0.317 e. The molecule has 0 fully saturated rings. The van der Waals surface area contributed by atoms with Crippen LogP contribution in [0.4, 0.5) is 0 Å². The Bertz CT molecular complexity index is 949. The van der Waals surface area contributed by atoms with Gasteiger partial charge in [-0.2, -0.15) is 0 Å². The van der Waals surface area contributed by atoms with Crippen LogP contribution in [0.2, 0.25) is 0 Å². The summed E-state index contributed by atoms with van der Waals surface area (Å²) >= 11 is 0. The van der Waals surface area contributed by atoms with Crippen molar-refractivity contribution in [2.24, 2.45) is 0 Å².